The van der Waals surface area contributed by atoms with Crippen molar-refractivity contribution >= 4 is 22.5 Å². The lowest BCUT2D eigenvalue weighted by molar-refractivity contribution is 0.586. The molecular formula is C14H16N6. The van der Waals surface area contributed by atoms with E-state index in [1.54, 1.807) is 6.33 Å². The summed E-state index contributed by atoms with van der Waals surface area (Å²) in [5, 5.41) is 11.7. The molecule has 6 heteroatoms. The molecule has 3 heterocycles. The fraction of sp³-hybridized carbons (Fsp3) is 0.357. The Bertz CT molecular complexity index is 772. The summed E-state index contributed by atoms with van der Waals surface area (Å²) in [6, 6.07) is 6.28. The first kappa shape index (κ1) is 11.6. The third-order valence-corrected chi connectivity index (χ3v) is 3.78. The van der Waals surface area contributed by atoms with Gasteiger partial charge in [-0.05, 0) is 24.6 Å². The standard InChI is InChI=1S/C14H16N6/c1-10-2-3-12-11(8-10)17-13(14-18-16-9-20(12)14)19-6-4-15-5-7-19/h2-3,8-9,15H,4-7H2,1H3. The lowest BCUT2D eigenvalue weighted by atomic mass is 10.2. The molecule has 0 atom stereocenters. The average molecular weight is 268 g/mol. The highest BCUT2D eigenvalue weighted by Gasteiger charge is 2.18. The average Bonchev–Trinajstić information content (AvgIpc) is 2.96. The Labute approximate surface area is 116 Å². The molecule has 3 aromatic rings. The molecule has 1 aliphatic heterocycles. The Morgan fingerprint density at radius 3 is 2.90 bits per heavy atom. The van der Waals surface area contributed by atoms with Gasteiger partial charge in [0.2, 0.25) is 5.65 Å². The fourth-order valence-electron chi connectivity index (χ4n) is 2.74. The Balaban J connectivity index is 1.99. The molecule has 1 fully saturated rings. The summed E-state index contributed by atoms with van der Waals surface area (Å²) in [6.45, 7) is 5.95. The van der Waals surface area contributed by atoms with Crippen LogP contribution in [-0.2, 0) is 0 Å². The first-order valence-electron chi connectivity index (χ1n) is 6.89. The Hall–Kier alpha value is -2.21. The van der Waals surface area contributed by atoms with Gasteiger partial charge in [-0.1, -0.05) is 6.07 Å². The number of aromatic nitrogens is 4. The summed E-state index contributed by atoms with van der Waals surface area (Å²) >= 11 is 0. The van der Waals surface area contributed by atoms with Crippen LogP contribution >= 0.6 is 0 Å². The second-order valence-electron chi connectivity index (χ2n) is 5.19. The molecule has 4 rings (SSSR count). The summed E-state index contributed by atoms with van der Waals surface area (Å²) < 4.78 is 2.03. The van der Waals surface area contributed by atoms with Crippen molar-refractivity contribution in [1.29, 1.82) is 0 Å². The van der Waals surface area contributed by atoms with Crippen LogP contribution in [0.15, 0.2) is 24.5 Å². The molecule has 0 spiro atoms. The highest BCUT2D eigenvalue weighted by atomic mass is 15.3. The van der Waals surface area contributed by atoms with Crippen LogP contribution in [0.4, 0.5) is 5.82 Å². The van der Waals surface area contributed by atoms with E-state index in [1.807, 2.05) is 4.40 Å². The zero-order chi connectivity index (χ0) is 13.5. The predicted octanol–water partition coefficient (Wildman–Crippen LogP) is 0.996. The third kappa shape index (κ3) is 1.72. The number of fused-ring (bicyclic) bond motifs is 3. The number of aryl methyl sites for hydroxylation is 1. The summed E-state index contributed by atoms with van der Waals surface area (Å²) in [7, 11) is 0. The van der Waals surface area contributed by atoms with Gasteiger partial charge in [0.15, 0.2) is 5.82 Å². The van der Waals surface area contributed by atoms with Gasteiger partial charge >= 0.3 is 0 Å². The van der Waals surface area contributed by atoms with Gasteiger partial charge < -0.3 is 10.2 Å². The van der Waals surface area contributed by atoms with E-state index in [0.29, 0.717) is 0 Å². The first-order valence-corrected chi connectivity index (χ1v) is 6.89. The Morgan fingerprint density at radius 2 is 2.05 bits per heavy atom. The van der Waals surface area contributed by atoms with E-state index in [2.05, 4.69) is 45.5 Å². The van der Waals surface area contributed by atoms with Gasteiger partial charge in [0.25, 0.3) is 0 Å². The largest absolute Gasteiger partial charge is 0.351 e. The molecule has 1 saturated heterocycles. The zero-order valence-corrected chi connectivity index (χ0v) is 11.4. The monoisotopic (exact) mass is 268 g/mol. The van der Waals surface area contributed by atoms with E-state index < -0.39 is 0 Å². The molecular weight excluding hydrogens is 252 g/mol. The number of nitrogens with zero attached hydrogens (tertiary/aromatic N) is 5. The molecule has 0 unspecified atom stereocenters. The maximum atomic E-state index is 4.83. The van der Waals surface area contributed by atoms with Gasteiger partial charge in [-0.25, -0.2) is 4.98 Å². The van der Waals surface area contributed by atoms with Crippen molar-refractivity contribution in [2.24, 2.45) is 0 Å². The van der Waals surface area contributed by atoms with Crippen LogP contribution < -0.4 is 10.2 Å². The minimum absolute atomic E-state index is 0.836. The zero-order valence-electron chi connectivity index (χ0n) is 11.4. The van der Waals surface area contributed by atoms with Gasteiger partial charge in [0, 0.05) is 26.2 Å². The lowest BCUT2D eigenvalue weighted by Crippen LogP contribution is -2.44. The van der Waals surface area contributed by atoms with Crippen molar-refractivity contribution in [3.05, 3.63) is 30.1 Å². The quantitative estimate of drug-likeness (QED) is 0.713. The smallest absolute Gasteiger partial charge is 0.204 e. The van der Waals surface area contributed by atoms with Gasteiger partial charge in [-0.3, -0.25) is 4.40 Å². The SMILES string of the molecule is Cc1ccc2c(c1)nc(N1CCNCC1)c1nncn12. The first-order chi connectivity index (χ1) is 9.83. The molecule has 6 nitrogen and oxygen atoms in total. The molecule has 1 aliphatic rings. The van der Waals surface area contributed by atoms with Crippen LogP contribution in [0.1, 0.15) is 5.56 Å². The molecule has 0 bridgehead atoms. The highest BCUT2D eigenvalue weighted by molar-refractivity contribution is 5.83. The number of rotatable bonds is 1. The van der Waals surface area contributed by atoms with Crippen LogP contribution in [0.5, 0.6) is 0 Å². The number of piperazine rings is 1. The van der Waals surface area contributed by atoms with E-state index in [4.69, 9.17) is 4.98 Å². The van der Waals surface area contributed by atoms with E-state index >= 15 is 0 Å². The van der Waals surface area contributed by atoms with E-state index in [1.165, 1.54) is 5.56 Å². The van der Waals surface area contributed by atoms with Crippen molar-refractivity contribution in [2.45, 2.75) is 6.92 Å². The van der Waals surface area contributed by atoms with Crippen LogP contribution in [0.2, 0.25) is 0 Å². The maximum Gasteiger partial charge on any atom is 0.204 e. The summed E-state index contributed by atoms with van der Waals surface area (Å²) in [4.78, 5) is 7.11. The maximum absolute atomic E-state index is 4.83. The number of benzene rings is 1. The molecule has 0 amide bonds. The number of hydrogen-bond donors (Lipinski definition) is 1. The van der Waals surface area contributed by atoms with Crippen LogP contribution in [-0.4, -0.2) is 45.8 Å². The number of anilines is 1. The summed E-state index contributed by atoms with van der Waals surface area (Å²) in [6.07, 6.45) is 1.76. The highest BCUT2D eigenvalue weighted by Crippen LogP contribution is 2.23. The van der Waals surface area contributed by atoms with Crippen molar-refractivity contribution in [3.8, 4) is 0 Å². The van der Waals surface area contributed by atoms with Crippen molar-refractivity contribution < 1.29 is 0 Å². The minimum atomic E-state index is 0.836. The lowest BCUT2D eigenvalue weighted by Gasteiger charge is -2.28. The van der Waals surface area contributed by atoms with Crippen molar-refractivity contribution in [3.63, 3.8) is 0 Å². The number of hydrogen-bond acceptors (Lipinski definition) is 5. The molecule has 102 valence electrons. The molecule has 0 saturated carbocycles. The predicted molar refractivity (Wildman–Crippen MR) is 78.1 cm³/mol. The van der Waals surface area contributed by atoms with Crippen molar-refractivity contribution in [1.82, 2.24) is 24.9 Å². The van der Waals surface area contributed by atoms with Crippen LogP contribution in [0.25, 0.3) is 16.7 Å². The van der Waals surface area contributed by atoms with Gasteiger partial charge in [-0.15, -0.1) is 10.2 Å². The Kier molecular flexibility index (Phi) is 2.56. The second-order valence-corrected chi connectivity index (χ2v) is 5.19. The second kappa shape index (κ2) is 4.42. The van der Waals surface area contributed by atoms with Gasteiger partial charge in [0.05, 0.1) is 11.0 Å². The molecule has 20 heavy (non-hydrogen) atoms. The summed E-state index contributed by atoms with van der Waals surface area (Å²) in [5.74, 6) is 0.933. The molecule has 0 radical (unpaired) electrons. The number of nitrogens with one attached hydrogen (secondary N) is 1. The molecule has 0 aliphatic carbocycles. The molecule has 1 aromatic carbocycles. The van der Waals surface area contributed by atoms with Crippen molar-refractivity contribution in [2.75, 3.05) is 31.1 Å². The van der Waals surface area contributed by atoms with E-state index in [9.17, 15) is 0 Å². The van der Waals surface area contributed by atoms with Gasteiger partial charge in [0.1, 0.15) is 6.33 Å². The molecule has 1 N–H and O–H groups in total. The third-order valence-electron chi connectivity index (χ3n) is 3.78. The fourth-order valence-corrected chi connectivity index (χ4v) is 2.74. The topological polar surface area (TPSA) is 58.4 Å². The summed E-state index contributed by atoms with van der Waals surface area (Å²) in [5.41, 5.74) is 4.09. The van der Waals surface area contributed by atoms with E-state index in [0.717, 1.165) is 48.7 Å². The van der Waals surface area contributed by atoms with Crippen LogP contribution in [0, 0.1) is 6.92 Å². The molecule has 2 aromatic heterocycles. The normalized spacial score (nSPS) is 16.1. The minimum Gasteiger partial charge on any atom is -0.351 e. The van der Waals surface area contributed by atoms with Crippen LogP contribution in [0.3, 0.4) is 0 Å². The van der Waals surface area contributed by atoms with Gasteiger partial charge in [-0.2, -0.15) is 0 Å². The Morgan fingerprint density at radius 1 is 1.20 bits per heavy atom. The van der Waals surface area contributed by atoms with E-state index in [-0.39, 0.29) is 0 Å².